The van der Waals surface area contributed by atoms with Gasteiger partial charge in [-0.15, -0.1) is 0 Å². The summed E-state index contributed by atoms with van der Waals surface area (Å²) in [4.78, 5) is 18.8. The van der Waals surface area contributed by atoms with Gasteiger partial charge in [0, 0.05) is 43.0 Å². The Labute approximate surface area is 171 Å². The summed E-state index contributed by atoms with van der Waals surface area (Å²) < 4.78 is 42.8. The van der Waals surface area contributed by atoms with Crippen LogP contribution in [0.1, 0.15) is 66.1 Å². The number of halogens is 3. The Morgan fingerprint density at radius 2 is 2.03 bits per heavy atom. The van der Waals surface area contributed by atoms with E-state index in [0.717, 1.165) is 23.4 Å². The fourth-order valence-electron chi connectivity index (χ4n) is 3.84. The molecule has 1 amide bonds. The predicted octanol–water partition coefficient (Wildman–Crippen LogP) is 3.85. The van der Waals surface area contributed by atoms with Gasteiger partial charge in [0.15, 0.2) is 5.65 Å². The maximum atomic E-state index is 13.4. The number of aromatic nitrogens is 5. The number of rotatable bonds is 3. The third-order valence-electron chi connectivity index (χ3n) is 5.37. The number of hydrogen-bond acceptors (Lipinski definition) is 4. The molecule has 1 saturated heterocycles. The van der Waals surface area contributed by atoms with Crippen molar-refractivity contribution in [3.05, 3.63) is 47.2 Å². The molecule has 3 aromatic rings. The molecule has 7 nitrogen and oxygen atoms in total. The van der Waals surface area contributed by atoms with Crippen LogP contribution in [0, 0.1) is 6.92 Å². The van der Waals surface area contributed by atoms with Crippen molar-refractivity contribution < 1.29 is 18.0 Å². The number of alkyl halides is 3. The van der Waals surface area contributed by atoms with Crippen LogP contribution < -0.4 is 0 Å². The molecule has 1 aliphatic rings. The van der Waals surface area contributed by atoms with Crippen molar-refractivity contribution in [3.8, 4) is 0 Å². The van der Waals surface area contributed by atoms with Crippen LogP contribution in [0.25, 0.3) is 5.65 Å². The Bertz CT molecular complexity index is 1080. The normalized spacial score (nSPS) is 17.8. The largest absolute Gasteiger partial charge is 0.433 e. The summed E-state index contributed by atoms with van der Waals surface area (Å²) in [6.07, 6.45) is 0.254. The first-order valence-electron chi connectivity index (χ1n) is 9.91. The van der Waals surface area contributed by atoms with Gasteiger partial charge >= 0.3 is 6.18 Å². The van der Waals surface area contributed by atoms with Gasteiger partial charge in [0.1, 0.15) is 5.69 Å². The molecule has 0 aliphatic carbocycles. The van der Waals surface area contributed by atoms with Crippen LogP contribution in [-0.2, 0) is 6.18 Å². The Hall–Kier alpha value is -2.91. The van der Waals surface area contributed by atoms with Crippen molar-refractivity contribution in [2.24, 2.45) is 0 Å². The van der Waals surface area contributed by atoms with E-state index >= 15 is 0 Å². The maximum absolute atomic E-state index is 13.4. The molecule has 160 valence electrons. The van der Waals surface area contributed by atoms with Crippen LogP contribution in [0.2, 0.25) is 0 Å². The number of aryl methyl sites for hydroxylation is 1. The quantitative estimate of drug-likeness (QED) is 0.645. The van der Waals surface area contributed by atoms with Gasteiger partial charge in [0.05, 0.1) is 17.5 Å². The lowest BCUT2D eigenvalue weighted by Crippen LogP contribution is -2.39. The molecule has 0 spiro atoms. The first-order chi connectivity index (χ1) is 14.1. The van der Waals surface area contributed by atoms with E-state index in [2.05, 4.69) is 15.2 Å². The average molecular weight is 420 g/mol. The fourth-order valence-corrected chi connectivity index (χ4v) is 3.84. The van der Waals surface area contributed by atoms with E-state index in [9.17, 15) is 18.0 Å². The van der Waals surface area contributed by atoms with Gasteiger partial charge in [-0.2, -0.15) is 23.4 Å². The minimum Gasteiger partial charge on any atom is -0.338 e. The monoisotopic (exact) mass is 420 g/mol. The minimum atomic E-state index is -4.53. The van der Waals surface area contributed by atoms with Crippen molar-refractivity contribution >= 4 is 11.6 Å². The molecular weight excluding hydrogens is 397 g/mol. The maximum Gasteiger partial charge on any atom is 0.433 e. The first-order valence-corrected chi connectivity index (χ1v) is 9.91. The SMILES string of the molecule is Cc1cc(C(F)(F)F)n2nc(C3CCCN(C(=O)c4cnn(C(C)C)c4)C3)cc2n1. The Balaban J connectivity index is 1.60. The van der Waals surface area contributed by atoms with Crippen LogP contribution in [0.4, 0.5) is 13.2 Å². The summed E-state index contributed by atoms with van der Waals surface area (Å²) in [5.74, 6) is -0.272. The van der Waals surface area contributed by atoms with Crippen molar-refractivity contribution in [1.82, 2.24) is 29.3 Å². The van der Waals surface area contributed by atoms with Crippen LogP contribution in [0.5, 0.6) is 0 Å². The van der Waals surface area contributed by atoms with Crippen molar-refractivity contribution in [1.29, 1.82) is 0 Å². The summed E-state index contributed by atoms with van der Waals surface area (Å²) in [7, 11) is 0. The summed E-state index contributed by atoms with van der Waals surface area (Å²) >= 11 is 0. The van der Waals surface area contributed by atoms with Gasteiger partial charge < -0.3 is 4.90 Å². The Morgan fingerprint density at radius 3 is 2.70 bits per heavy atom. The molecule has 1 aliphatic heterocycles. The third-order valence-corrected chi connectivity index (χ3v) is 5.37. The molecule has 0 aromatic carbocycles. The number of fused-ring (bicyclic) bond motifs is 1. The van der Waals surface area contributed by atoms with E-state index in [0.29, 0.717) is 24.3 Å². The highest BCUT2D eigenvalue weighted by molar-refractivity contribution is 5.93. The molecule has 4 heterocycles. The number of amides is 1. The smallest absolute Gasteiger partial charge is 0.338 e. The van der Waals surface area contributed by atoms with Gasteiger partial charge in [-0.3, -0.25) is 9.48 Å². The molecule has 0 saturated carbocycles. The van der Waals surface area contributed by atoms with E-state index < -0.39 is 11.9 Å². The van der Waals surface area contributed by atoms with Gasteiger partial charge in [-0.05, 0) is 39.7 Å². The van der Waals surface area contributed by atoms with Crippen LogP contribution in [0.15, 0.2) is 24.5 Å². The number of piperidine rings is 1. The minimum absolute atomic E-state index is 0.125. The zero-order valence-corrected chi connectivity index (χ0v) is 17.0. The van der Waals surface area contributed by atoms with Gasteiger partial charge in [0.2, 0.25) is 0 Å². The third kappa shape index (κ3) is 3.78. The highest BCUT2D eigenvalue weighted by Crippen LogP contribution is 2.32. The number of likely N-dealkylation sites (tertiary alicyclic amines) is 1. The number of carbonyl (C=O) groups excluding carboxylic acids is 1. The number of nitrogens with zero attached hydrogens (tertiary/aromatic N) is 6. The van der Waals surface area contributed by atoms with E-state index in [1.165, 1.54) is 6.92 Å². The number of hydrogen-bond donors (Lipinski definition) is 0. The lowest BCUT2D eigenvalue weighted by molar-refractivity contribution is -0.142. The standard InChI is InChI=1S/C20H23F3N6O/c1-12(2)28-11-15(9-24-28)19(30)27-6-4-5-14(10-27)16-8-18-25-13(3)7-17(20(21,22)23)29(18)26-16/h7-9,11-12,14H,4-6,10H2,1-3H3. The summed E-state index contributed by atoms with van der Waals surface area (Å²) in [5.41, 5.74) is 0.633. The van der Waals surface area contributed by atoms with Crippen molar-refractivity contribution in [3.63, 3.8) is 0 Å². The molecule has 30 heavy (non-hydrogen) atoms. The molecular formula is C20H23F3N6O. The molecule has 1 unspecified atom stereocenters. The fraction of sp³-hybridized carbons (Fsp3) is 0.500. The second kappa shape index (κ2) is 7.41. The van der Waals surface area contributed by atoms with E-state index in [-0.39, 0.29) is 29.2 Å². The summed E-state index contributed by atoms with van der Waals surface area (Å²) in [5, 5.41) is 8.43. The second-order valence-corrected chi connectivity index (χ2v) is 8.01. The van der Waals surface area contributed by atoms with E-state index in [1.54, 1.807) is 28.0 Å². The van der Waals surface area contributed by atoms with Crippen LogP contribution >= 0.6 is 0 Å². The molecule has 0 N–H and O–H groups in total. The molecule has 0 radical (unpaired) electrons. The zero-order valence-electron chi connectivity index (χ0n) is 17.0. The van der Waals surface area contributed by atoms with Gasteiger partial charge in [-0.1, -0.05) is 0 Å². The van der Waals surface area contributed by atoms with Crippen LogP contribution in [0.3, 0.4) is 0 Å². The average Bonchev–Trinajstić information content (AvgIpc) is 3.33. The van der Waals surface area contributed by atoms with Crippen molar-refractivity contribution in [2.45, 2.75) is 51.7 Å². The molecule has 4 rings (SSSR count). The predicted molar refractivity (Wildman–Crippen MR) is 103 cm³/mol. The molecule has 3 aromatic heterocycles. The van der Waals surface area contributed by atoms with Crippen molar-refractivity contribution in [2.75, 3.05) is 13.1 Å². The molecule has 0 bridgehead atoms. The molecule has 1 fully saturated rings. The molecule has 1 atom stereocenters. The highest BCUT2D eigenvalue weighted by Gasteiger charge is 2.36. The Morgan fingerprint density at radius 1 is 1.27 bits per heavy atom. The van der Waals surface area contributed by atoms with Crippen LogP contribution in [-0.4, -0.2) is 48.3 Å². The number of carbonyl (C=O) groups is 1. The summed E-state index contributed by atoms with van der Waals surface area (Å²) in [6, 6.07) is 2.74. The highest BCUT2D eigenvalue weighted by atomic mass is 19.4. The lowest BCUT2D eigenvalue weighted by atomic mass is 9.94. The Kier molecular flexibility index (Phi) is 5.03. The summed E-state index contributed by atoms with van der Waals surface area (Å²) in [6.45, 7) is 6.48. The topological polar surface area (TPSA) is 68.3 Å². The second-order valence-electron chi connectivity index (χ2n) is 8.01. The lowest BCUT2D eigenvalue weighted by Gasteiger charge is -2.31. The van der Waals surface area contributed by atoms with Gasteiger partial charge in [0.25, 0.3) is 5.91 Å². The van der Waals surface area contributed by atoms with E-state index in [1.807, 2.05) is 13.8 Å². The van der Waals surface area contributed by atoms with E-state index in [4.69, 9.17) is 0 Å². The van der Waals surface area contributed by atoms with Gasteiger partial charge in [-0.25, -0.2) is 9.50 Å². The first kappa shape index (κ1) is 20.4. The molecule has 10 heteroatoms. The zero-order chi connectivity index (χ0) is 21.6.